The highest BCUT2D eigenvalue weighted by molar-refractivity contribution is 5.92. The summed E-state index contributed by atoms with van der Waals surface area (Å²) in [5.74, 6) is 0.225. The summed E-state index contributed by atoms with van der Waals surface area (Å²) in [7, 11) is 0. The van der Waals surface area contributed by atoms with Gasteiger partial charge in [-0.15, -0.1) is 0 Å². The van der Waals surface area contributed by atoms with Crippen LogP contribution in [0.15, 0.2) is 12.2 Å². The van der Waals surface area contributed by atoms with E-state index in [-0.39, 0.29) is 5.78 Å². The highest BCUT2D eigenvalue weighted by atomic mass is 16.1. The lowest BCUT2D eigenvalue weighted by Crippen LogP contribution is -2.32. The summed E-state index contributed by atoms with van der Waals surface area (Å²) in [6.07, 6.45) is 3.57. The number of rotatable bonds is 1. The van der Waals surface area contributed by atoms with Crippen molar-refractivity contribution in [2.45, 2.75) is 6.92 Å². The molecule has 0 fully saturated rings. The molecular formula is C7H11NO. The average Bonchev–Trinajstić information content (AvgIpc) is 1.88. The molecule has 1 aliphatic heterocycles. The van der Waals surface area contributed by atoms with Crippen molar-refractivity contribution in [3.8, 4) is 0 Å². The monoisotopic (exact) mass is 125 g/mol. The van der Waals surface area contributed by atoms with Gasteiger partial charge in [0.15, 0.2) is 5.78 Å². The van der Waals surface area contributed by atoms with Crippen molar-refractivity contribution in [3.05, 3.63) is 12.2 Å². The van der Waals surface area contributed by atoms with Crippen LogP contribution in [0.2, 0.25) is 0 Å². The predicted octanol–water partition coefficient (Wildman–Crippen LogP) is 0.447. The molecular weight excluding hydrogens is 114 g/mol. The first-order chi connectivity index (χ1) is 4.33. The fourth-order valence-corrected chi connectivity index (χ4v) is 0.912. The Balaban J connectivity index is 2.47. The lowest BCUT2D eigenvalue weighted by molar-refractivity contribution is -0.116. The van der Waals surface area contributed by atoms with Crippen molar-refractivity contribution in [3.63, 3.8) is 0 Å². The van der Waals surface area contributed by atoms with Crippen LogP contribution in [0.3, 0.4) is 0 Å². The maximum atomic E-state index is 10.7. The standard InChI is InChI=1S/C7H11NO/c1-2-8-5-3-4-7(9)6-8/h3-4H,2,5-6H2,1H3. The Labute approximate surface area is 55.2 Å². The van der Waals surface area contributed by atoms with E-state index in [1.54, 1.807) is 6.08 Å². The molecule has 0 aliphatic carbocycles. The van der Waals surface area contributed by atoms with Crippen molar-refractivity contribution < 1.29 is 4.79 Å². The number of hydrogen-bond acceptors (Lipinski definition) is 2. The maximum absolute atomic E-state index is 10.7. The van der Waals surface area contributed by atoms with Crippen LogP contribution in [0.25, 0.3) is 0 Å². The smallest absolute Gasteiger partial charge is 0.169 e. The number of ketones is 1. The number of hydrogen-bond donors (Lipinski definition) is 0. The summed E-state index contributed by atoms with van der Waals surface area (Å²) < 4.78 is 0. The molecule has 0 saturated heterocycles. The van der Waals surface area contributed by atoms with Gasteiger partial charge in [-0.05, 0) is 12.6 Å². The molecule has 0 aromatic rings. The van der Waals surface area contributed by atoms with Gasteiger partial charge in [-0.2, -0.15) is 0 Å². The Morgan fingerprint density at radius 3 is 3.00 bits per heavy atom. The van der Waals surface area contributed by atoms with Crippen LogP contribution in [0.5, 0.6) is 0 Å². The number of likely N-dealkylation sites (N-methyl/N-ethyl adjacent to an activating group) is 1. The molecule has 0 saturated carbocycles. The van der Waals surface area contributed by atoms with Crippen molar-refractivity contribution in [1.82, 2.24) is 4.90 Å². The lowest BCUT2D eigenvalue weighted by atomic mass is 10.2. The number of nitrogens with zero attached hydrogens (tertiary/aromatic N) is 1. The highest BCUT2D eigenvalue weighted by Crippen LogP contribution is 1.95. The molecule has 0 spiro atoms. The molecule has 2 heteroatoms. The second kappa shape index (κ2) is 2.78. The van der Waals surface area contributed by atoms with Crippen molar-refractivity contribution >= 4 is 5.78 Å². The largest absolute Gasteiger partial charge is 0.293 e. The molecule has 1 heterocycles. The number of carbonyl (C=O) groups is 1. The summed E-state index contributed by atoms with van der Waals surface area (Å²) >= 11 is 0. The van der Waals surface area contributed by atoms with Crippen LogP contribution >= 0.6 is 0 Å². The fourth-order valence-electron chi connectivity index (χ4n) is 0.912. The topological polar surface area (TPSA) is 20.3 Å². The van der Waals surface area contributed by atoms with Gasteiger partial charge >= 0.3 is 0 Å². The number of carbonyl (C=O) groups excluding carboxylic acids is 1. The van der Waals surface area contributed by atoms with Crippen molar-refractivity contribution in [1.29, 1.82) is 0 Å². The second-order valence-corrected chi connectivity index (χ2v) is 2.20. The van der Waals surface area contributed by atoms with Gasteiger partial charge in [0.2, 0.25) is 0 Å². The van der Waals surface area contributed by atoms with E-state index >= 15 is 0 Å². The third-order valence-electron chi connectivity index (χ3n) is 1.49. The highest BCUT2D eigenvalue weighted by Gasteiger charge is 2.08. The van der Waals surface area contributed by atoms with Crippen molar-refractivity contribution in [2.24, 2.45) is 0 Å². The van der Waals surface area contributed by atoms with E-state index in [9.17, 15) is 4.79 Å². The van der Waals surface area contributed by atoms with Gasteiger partial charge in [-0.25, -0.2) is 0 Å². The van der Waals surface area contributed by atoms with Crippen LogP contribution in [0.4, 0.5) is 0 Å². The Bertz CT molecular complexity index is 140. The predicted molar refractivity (Wildman–Crippen MR) is 36.3 cm³/mol. The van der Waals surface area contributed by atoms with Gasteiger partial charge in [0.1, 0.15) is 0 Å². The summed E-state index contributed by atoms with van der Waals surface area (Å²) in [4.78, 5) is 12.8. The second-order valence-electron chi connectivity index (χ2n) is 2.20. The first-order valence-corrected chi connectivity index (χ1v) is 3.24. The van der Waals surface area contributed by atoms with Gasteiger partial charge in [0.05, 0.1) is 6.54 Å². The molecule has 0 N–H and O–H groups in total. The zero-order valence-electron chi connectivity index (χ0n) is 5.63. The van der Waals surface area contributed by atoms with E-state index in [0.717, 1.165) is 13.1 Å². The first-order valence-electron chi connectivity index (χ1n) is 3.24. The first kappa shape index (κ1) is 6.49. The van der Waals surface area contributed by atoms with E-state index in [1.807, 2.05) is 6.08 Å². The van der Waals surface area contributed by atoms with Crippen LogP contribution < -0.4 is 0 Å². The Kier molecular flexibility index (Phi) is 2.01. The van der Waals surface area contributed by atoms with Gasteiger partial charge in [0, 0.05) is 6.54 Å². The molecule has 0 atom stereocenters. The quantitative estimate of drug-likeness (QED) is 0.507. The minimum Gasteiger partial charge on any atom is -0.293 e. The van der Waals surface area contributed by atoms with Crippen LogP contribution in [-0.2, 0) is 4.79 Å². The minimum atomic E-state index is 0.225. The summed E-state index contributed by atoms with van der Waals surface area (Å²) in [6.45, 7) is 4.57. The summed E-state index contributed by atoms with van der Waals surface area (Å²) in [5.41, 5.74) is 0. The van der Waals surface area contributed by atoms with Crippen LogP contribution in [-0.4, -0.2) is 30.3 Å². The van der Waals surface area contributed by atoms with E-state index in [2.05, 4.69) is 11.8 Å². The normalized spacial score (nSPS) is 20.8. The van der Waals surface area contributed by atoms with E-state index in [4.69, 9.17) is 0 Å². The third kappa shape index (κ3) is 1.64. The van der Waals surface area contributed by atoms with Crippen LogP contribution in [0.1, 0.15) is 6.92 Å². The van der Waals surface area contributed by atoms with Gasteiger partial charge in [0.25, 0.3) is 0 Å². The molecule has 0 amide bonds. The van der Waals surface area contributed by atoms with Gasteiger partial charge in [-0.3, -0.25) is 9.69 Å². The lowest BCUT2D eigenvalue weighted by Gasteiger charge is -2.19. The maximum Gasteiger partial charge on any atom is 0.169 e. The van der Waals surface area contributed by atoms with E-state index in [1.165, 1.54) is 0 Å². The molecule has 9 heavy (non-hydrogen) atoms. The average molecular weight is 125 g/mol. The van der Waals surface area contributed by atoms with E-state index < -0.39 is 0 Å². The van der Waals surface area contributed by atoms with Gasteiger partial charge < -0.3 is 0 Å². The molecule has 50 valence electrons. The van der Waals surface area contributed by atoms with Gasteiger partial charge in [-0.1, -0.05) is 13.0 Å². The SMILES string of the molecule is CCN1CC=CC(=O)C1. The summed E-state index contributed by atoms with van der Waals surface area (Å²) in [6, 6.07) is 0. The molecule has 0 bridgehead atoms. The van der Waals surface area contributed by atoms with Crippen molar-refractivity contribution in [2.75, 3.05) is 19.6 Å². The molecule has 0 radical (unpaired) electrons. The Morgan fingerprint density at radius 2 is 2.56 bits per heavy atom. The fraction of sp³-hybridized carbons (Fsp3) is 0.571. The molecule has 0 aromatic carbocycles. The molecule has 2 nitrogen and oxygen atoms in total. The molecule has 0 unspecified atom stereocenters. The third-order valence-corrected chi connectivity index (χ3v) is 1.49. The molecule has 1 aliphatic rings. The molecule has 0 aromatic heterocycles. The Morgan fingerprint density at radius 1 is 1.78 bits per heavy atom. The summed E-state index contributed by atoms with van der Waals surface area (Å²) in [5, 5.41) is 0. The zero-order valence-corrected chi connectivity index (χ0v) is 5.63. The molecule has 1 rings (SSSR count). The minimum absolute atomic E-state index is 0.225. The van der Waals surface area contributed by atoms with E-state index in [0.29, 0.717) is 6.54 Å². The van der Waals surface area contributed by atoms with Crippen LogP contribution in [0, 0.1) is 0 Å². The Hall–Kier alpha value is -0.630. The zero-order chi connectivity index (χ0) is 6.69.